The number of carbonyl (C=O) groups is 2. The van der Waals surface area contributed by atoms with Gasteiger partial charge < -0.3 is 19.5 Å². The molecule has 1 spiro atoms. The number of hydrogen-bond acceptors (Lipinski definition) is 5. The van der Waals surface area contributed by atoms with Crippen molar-refractivity contribution in [2.45, 2.75) is 18.2 Å². The molecule has 1 aromatic carbocycles. The average Bonchev–Trinajstić information content (AvgIpc) is 3.10. The van der Waals surface area contributed by atoms with E-state index >= 15 is 0 Å². The molecular formula is C20H21F3N2O5. The van der Waals surface area contributed by atoms with Crippen molar-refractivity contribution in [3.8, 4) is 0 Å². The number of carboxylic acid groups (broad SMARTS) is 1. The zero-order valence-corrected chi connectivity index (χ0v) is 16.2. The number of rotatable bonds is 3. The molecular weight excluding hydrogens is 405 g/mol. The highest BCUT2D eigenvalue weighted by atomic mass is 19.4. The topological polar surface area (TPSA) is 89.0 Å². The van der Waals surface area contributed by atoms with Crippen LogP contribution in [0.3, 0.4) is 0 Å². The Bertz CT molecular complexity index is 923. The van der Waals surface area contributed by atoms with Crippen LogP contribution in [0.25, 0.3) is 10.9 Å². The minimum atomic E-state index is -5.08. The monoisotopic (exact) mass is 426 g/mol. The second-order valence-corrected chi connectivity index (χ2v) is 7.19. The average molecular weight is 426 g/mol. The molecule has 0 bridgehead atoms. The maximum Gasteiger partial charge on any atom is 0.490 e. The molecule has 7 nitrogen and oxygen atoms in total. The van der Waals surface area contributed by atoms with Gasteiger partial charge in [-0.05, 0) is 18.6 Å². The molecule has 30 heavy (non-hydrogen) atoms. The number of aromatic nitrogens is 1. The van der Waals surface area contributed by atoms with E-state index in [-0.39, 0.29) is 11.5 Å². The summed E-state index contributed by atoms with van der Waals surface area (Å²) in [6.45, 7) is 2.75. The van der Waals surface area contributed by atoms with E-state index in [4.69, 9.17) is 19.4 Å². The van der Waals surface area contributed by atoms with Crippen molar-refractivity contribution in [2.75, 3.05) is 33.4 Å². The Kier molecular flexibility index (Phi) is 6.27. The van der Waals surface area contributed by atoms with E-state index in [0.29, 0.717) is 31.2 Å². The van der Waals surface area contributed by atoms with E-state index in [0.717, 1.165) is 23.9 Å². The SMILES string of the molecule is COCC1CCOC12CN(C(=O)c1ccnc3ccccc13)C2.O=C(O)C(F)(F)F. The molecule has 0 aliphatic carbocycles. The third-order valence-corrected chi connectivity index (χ3v) is 5.29. The Hall–Kier alpha value is -2.72. The molecule has 1 N–H and O–H groups in total. The lowest BCUT2D eigenvalue weighted by molar-refractivity contribution is -0.192. The maximum absolute atomic E-state index is 12.9. The van der Waals surface area contributed by atoms with Crippen molar-refractivity contribution < 1.29 is 37.3 Å². The van der Waals surface area contributed by atoms with Gasteiger partial charge in [-0.2, -0.15) is 13.2 Å². The van der Waals surface area contributed by atoms with Crippen LogP contribution in [-0.4, -0.2) is 72.1 Å². The molecule has 1 aromatic heterocycles. The normalized spacial score (nSPS) is 19.9. The summed E-state index contributed by atoms with van der Waals surface area (Å²) in [4.78, 5) is 27.9. The molecule has 2 aliphatic heterocycles. The summed E-state index contributed by atoms with van der Waals surface area (Å²) in [6.07, 6.45) is -2.38. The van der Waals surface area contributed by atoms with E-state index < -0.39 is 12.1 Å². The number of amides is 1. The molecule has 2 saturated heterocycles. The number of nitrogens with zero attached hydrogens (tertiary/aromatic N) is 2. The van der Waals surface area contributed by atoms with Gasteiger partial charge in [0.2, 0.25) is 0 Å². The Morgan fingerprint density at radius 1 is 1.30 bits per heavy atom. The quantitative estimate of drug-likeness (QED) is 0.812. The number of ether oxygens (including phenoxy) is 2. The lowest BCUT2D eigenvalue weighted by Crippen LogP contribution is -2.66. The summed E-state index contributed by atoms with van der Waals surface area (Å²) < 4.78 is 43.0. The number of alkyl halides is 3. The van der Waals surface area contributed by atoms with Crippen LogP contribution in [0, 0.1) is 5.92 Å². The van der Waals surface area contributed by atoms with Gasteiger partial charge in [-0.25, -0.2) is 4.79 Å². The fourth-order valence-electron chi connectivity index (χ4n) is 3.77. The van der Waals surface area contributed by atoms with Crippen LogP contribution in [-0.2, 0) is 14.3 Å². The van der Waals surface area contributed by atoms with E-state index in [1.165, 1.54) is 0 Å². The van der Waals surface area contributed by atoms with Crippen molar-refractivity contribution in [3.63, 3.8) is 0 Å². The predicted molar refractivity (Wildman–Crippen MR) is 100 cm³/mol. The van der Waals surface area contributed by atoms with Crippen LogP contribution in [0.4, 0.5) is 13.2 Å². The van der Waals surface area contributed by atoms with E-state index in [9.17, 15) is 18.0 Å². The highest BCUT2D eigenvalue weighted by Gasteiger charge is 2.54. The molecule has 1 unspecified atom stereocenters. The maximum atomic E-state index is 12.9. The molecule has 2 fully saturated rings. The highest BCUT2D eigenvalue weighted by Crippen LogP contribution is 2.40. The van der Waals surface area contributed by atoms with Crippen LogP contribution < -0.4 is 0 Å². The first-order chi connectivity index (χ1) is 14.2. The van der Waals surface area contributed by atoms with E-state index in [1.54, 1.807) is 19.4 Å². The fourth-order valence-corrected chi connectivity index (χ4v) is 3.77. The van der Waals surface area contributed by atoms with Gasteiger partial charge in [0.15, 0.2) is 0 Å². The van der Waals surface area contributed by atoms with Gasteiger partial charge in [-0.3, -0.25) is 9.78 Å². The largest absolute Gasteiger partial charge is 0.490 e. The number of fused-ring (bicyclic) bond motifs is 1. The third-order valence-electron chi connectivity index (χ3n) is 5.29. The number of para-hydroxylation sites is 1. The van der Waals surface area contributed by atoms with Crippen LogP contribution in [0.5, 0.6) is 0 Å². The number of carbonyl (C=O) groups excluding carboxylic acids is 1. The van der Waals surface area contributed by atoms with Gasteiger partial charge in [0, 0.05) is 31.2 Å². The van der Waals surface area contributed by atoms with E-state index in [2.05, 4.69) is 4.98 Å². The number of carboxylic acids is 1. The van der Waals surface area contributed by atoms with E-state index in [1.807, 2.05) is 29.2 Å². The molecule has 0 saturated carbocycles. The smallest absolute Gasteiger partial charge is 0.475 e. The molecule has 0 radical (unpaired) electrons. The molecule has 2 aliphatic rings. The van der Waals surface area contributed by atoms with Gasteiger partial charge in [0.1, 0.15) is 5.60 Å². The van der Waals surface area contributed by atoms with Crippen LogP contribution >= 0.6 is 0 Å². The van der Waals surface area contributed by atoms with Crippen LogP contribution in [0.1, 0.15) is 16.8 Å². The minimum Gasteiger partial charge on any atom is -0.475 e. The first kappa shape index (κ1) is 22.0. The van der Waals surface area contributed by atoms with Gasteiger partial charge in [0.05, 0.1) is 30.8 Å². The summed E-state index contributed by atoms with van der Waals surface area (Å²) >= 11 is 0. The van der Waals surface area contributed by atoms with Crippen molar-refractivity contribution in [1.29, 1.82) is 0 Å². The lowest BCUT2D eigenvalue weighted by Gasteiger charge is -2.50. The number of methoxy groups -OCH3 is 1. The first-order valence-corrected chi connectivity index (χ1v) is 9.24. The Balaban J connectivity index is 0.000000318. The Morgan fingerprint density at radius 2 is 1.97 bits per heavy atom. The third kappa shape index (κ3) is 4.39. The van der Waals surface area contributed by atoms with Gasteiger partial charge in [0.25, 0.3) is 5.91 Å². The standard InChI is InChI=1S/C18H20N2O3.C2HF3O2/c1-22-10-13-7-9-23-18(13)11-20(12-18)17(21)15-6-8-19-16-5-3-2-4-14(15)16;3-2(4,5)1(6)7/h2-6,8,13H,7,9-12H2,1H3;(H,6,7). The minimum absolute atomic E-state index is 0.0564. The number of likely N-dealkylation sites (tertiary alicyclic amines) is 1. The van der Waals surface area contributed by atoms with Gasteiger partial charge >= 0.3 is 12.1 Å². The Labute approximate surface area is 170 Å². The van der Waals surface area contributed by atoms with Crippen molar-refractivity contribution in [3.05, 3.63) is 42.1 Å². The number of pyridine rings is 1. The molecule has 1 amide bonds. The van der Waals surface area contributed by atoms with Crippen LogP contribution in [0.15, 0.2) is 36.5 Å². The van der Waals surface area contributed by atoms with Crippen molar-refractivity contribution in [2.24, 2.45) is 5.92 Å². The molecule has 3 heterocycles. The first-order valence-electron chi connectivity index (χ1n) is 9.24. The molecule has 1 atom stereocenters. The summed E-state index contributed by atoms with van der Waals surface area (Å²) in [5.74, 6) is -2.32. The number of benzene rings is 1. The number of aliphatic carboxylic acids is 1. The lowest BCUT2D eigenvalue weighted by atomic mass is 9.81. The Morgan fingerprint density at radius 3 is 2.60 bits per heavy atom. The molecule has 4 rings (SSSR count). The molecule has 2 aromatic rings. The predicted octanol–water partition coefficient (Wildman–Crippen LogP) is 2.75. The van der Waals surface area contributed by atoms with Crippen LogP contribution in [0.2, 0.25) is 0 Å². The fraction of sp³-hybridized carbons (Fsp3) is 0.450. The zero-order chi connectivity index (χ0) is 21.9. The van der Waals surface area contributed by atoms with Gasteiger partial charge in [-0.1, -0.05) is 18.2 Å². The second kappa shape index (κ2) is 8.57. The zero-order valence-electron chi connectivity index (χ0n) is 16.2. The van der Waals surface area contributed by atoms with Crippen molar-refractivity contribution in [1.82, 2.24) is 9.88 Å². The molecule has 162 valence electrons. The summed E-state index contributed by atoms with van der Waals surface area (Å²) in [7, 11) is 1.72. The highest BCUT2D eigenvalue weighted by molar-refractivity contribution is 6.06. The summed E-state index contributed by atoms with van der Waals surface area (Å²) in [5.41, 5.74) is 1.36. The van der Waals surface area contributed by atoms with Crippen molar-refractivity contribution >= 4 is 22.8 Å². The van der Waals surface area contributed by atoms with Gasteiger partial charge in [-0.15, -0.1) is 0 Å². The second-order valence-electron chi connectivity index (χ2n) is 7.19. The summed E-state index contributed by atoms with van der Waals surface area (Å²) in [5, 5.41) is 8.03. The number of halogens is 3. The molecule has 10 heteroatoms. The number of hydrogen-bond donors (Lipinski definition) is 1. The summed E-state index contributed by atoms with van der Waals surface area (Å²) in [6, 6.07) is 9.55.